The maximum absolute atomic E-state index is 12.8. The number of carbonyl (C=O) groups excluding carboxylic acids is 1. The van der Waals surface area contributed by atoms with Gasteiger partial charge in [-0.3, -0.25) is 4.79 Å². The Morgan fingerprint density at radius 3 is 2.52 bits per heavy atom. The summed E-state index contributed by atoms with van der Waals surface area (Å²) in [6, 6.07) is 3.29. The molecule has 0 atom stereocenters. The second kappa shape index (κ2) is 8.54. The molecule has 0 radical (unpaired) electrons. The van der Waals surface area contributed by atoms with Crippen LogP contribution in [0.2, 0.25) is 0 Å². The van der Waals surface area contributed by atoms with Crippen molar-refractivity contribution in [3.63, 3.8) is 0 Å². The maximum atomic E-state index is 12.8. The Labute approximate surface area is 185 Å². The first-order valence-electron chi connectivity index (χ1n) is 9.69. The third kappa shape index (κ3) is 4.87. The largest absolute Gasteiger partial charge is 0.391 e. The van der Waals surface area contributed by atoms with E-state index < -0.39 is 12.1 Å². The number of nitrogens with one attached hydrogen (secondary N) is 1. The van der Waals surface area contributed by atoms with Gasteiger partial charge in [0.2, 0.25) is 0 Å². The van der Waals surface area contributed by atoms with Crippen LogP contribution < -0.4 is 5.32 Å². The van der Waals surface area contributed by atoms with Crippen LogP contribution in [0.15, 0.2) is 23.7 Å². The van der Waals surface area contributed by atoms with Crippen LogP contribution in [0.1, 0.15) is 33.9 Å². The minimum atomic E-state index is -4.20. The van der Waals surface area contributed by atoms with E-state index in [0.717, 1.165) is 21.3 Å². The fourth-order valence-corrected chi connectivity index (χ4v) is 5.16. The molecule has 1 fully saturated rings. The van der Waals surface area contributed by atoms with E-state index >= 15 is 0 Å². The quantitative estimate of drug-likeness (QED) is 0.554. The van der Waals surface area contributed by atoms with Crippen LogP contribution in [0, 0.1) is 19.8 Å². The van der Waals surface area contributed by atoms with Crippen LogP contribution in [0.5, 0.6) is 0 Å². The number of alkyl halides is 3. The monoisotopic (exact) mass is 467 g/mol. The second-order valence-electron chi connectivity index (χ2n) is 7.35. The van der Waals surface area contributed by atoms with E-state index in [1.54, 1.807) is 23.5 Å². The molecule has 4 heterocycles. The fraction of sp³-hybridized carbons (Fsp3) is 0.400. The summed E-state index contributed by atoms with van der Waals surface area (Å²) >= 11 is 3.03. The van der Waals surface area contributed by atoms with Crippen LogP contribution in [0.3, 0.4) is 0 Å². The van der Waals surface area contributed by atoms with Crippen molar-refractivity contribution < 1.29 is 18.0 Å². The Hall–Kier alpha value is -2.53. The summed E-state index contributed by atoms with van der Waals surface area (Å²) in [6.45, 7) is 4.11. The molecule has 1 aliphatic heterocycles. The number of likely N-dealkylation sites (tertiary alicyclic amines) is 1. The van der Waals surface area contributed by atoms with Crippen molar-refractivity contribution in [2.75, 3.05) is 18.4 Å². The second-order valence-corrected chi connectivity index (χ2v) is 9.41. The van der Waals surface area contributed by atoms with Crippen molar-refractivity contribution in [3.05, 3.63) is 40.0 Å². The van der Waals surface area contributed by atoms with Crippen molar-refractivity contribution in [2.45, 2.75) is 32.9 Å². The zero-order valence-electron chi connectivity index (χ0n) is 16.9. The SMILES string of the molecule is Cc1nc(C)c(-c2csc(Nc3ccc(C(=O)N4CCC(C(F)(F)F)CC4)cn3)n2)s1. The van der Waals surface area contributed by atoms with Gasteiger partial charge < -0.3 is 10.2 Å². The molecule has 31 heavy (non-hydrogen) atoms. The van der Waals surface area contributed by atoms with E-state index in [9.17, 15) is 18.0 Å². The van der Waals surface area contributed by atoms with Crippen molar-refractivity contribution in [1.82, 2.24) is 19.9 Å². The standard InChI is InChI=1S/C20H20F3N5OS2/c1-11-17(31-12(2)25-11)15-10-30-19(26-15)27-16-4-3-13(9-24-16)18(29)28-7-5-14(6-8-28)20(21,22)23/h3-4,9-10,14H,5-8H2,1-2H3,(H,24,26,27). The van der Waals surface area contributed by atoms with E-state index in [4.69, 9.17) is 0 Å². The molecule has 0 aliphatic carbocycles. The van der Waals surface area contributed by atoms with Gasteiger partial charge in [0.25, 0.3) is 5.91 Å². The summed E-state index contributed by atoms with van der Waals surface area (Å²) in [4.78, 5) is 28.3. The fourth-order valence-electron chi connectivity index (χ4n) is 3.50. The molecule has 6 nitrogen and oxygen atoms in total. The molecule has 4 rings (SSSR count). The van der Waals surface area contributed by atoms with E-state index in [2.05, 4.69) is 20.3 Å². The zero-order valence-corrected chi connectivity index (χ0v) is 18.5. The number of hydrogen-bond acceptors (Lipinski definition) is 7. The molecule has 1 N–H and O–H groups in total. The minimum Gasteiger partial charge on any atom is -0.339 e. The van der Waals surface area contributed by atoms with Gasteiger partial charge in [0.05, 0.1) is 32.8 Å². The van der Waals surface area contributed by atoms with Gasteiger partial charge in [0, 0.05) is 24.7 Å². The molecule has 11 heteroatoms. The summed E-state index contributed by atoms with van der Waals surface area (Å²) in [5.41, 5.74) is 2.15. The highest BCUT2D eigenvalue weighted by molar-refractivity contribution is 7.16. The first-order chi connectivity index (χ1) is 14.7. The van der Waals surface area contributed by atoms with E-state index in [1.807, 2.05) is 19.2 Å². The lowest BCUT2D eigenvalue weighted by Crippen LogP contribution is -2.42. The number of anilines is 2. The predicted octanol–water partition coefficient (Wildman–Crippen LogP) is 5.44. The number of piperidine rings is 1. The summed E-state index contributed by atoms with van der Waals surface area (Å²) in [7, 11) is 0. The molecule has 0 spiro atoms. The van der Waals surface area contributed by atoms with Gasteiger partial charge in [-0.25, -0.2) is 15.0 Å². The molecule has 0 aromatic carbocycles. The van der Waals surface area contributed by atoms with Gasteiger partial charge in [-0.2, -0.15) is 13.2 Å². The molecular formula is C20H20F3N5OS2. The maximum Gasteiger partial charge on any atom is 0.391 e. The Balaban J connectivity index is 1.38. The number of nitrogens with zero attached hydrogens (tertiary/aromatic N) is 4. The van der Waals surface area contributed by atoms with Crippen LogP contribution in [0.25, 0.3) is 10.6 Å². The van der Waals surface area contributed by atoms with Crippen LogP contribution in [-0.2, 0) is 0 Å². The number of halogens is 3. The molecule has 0 saturated carbocycles. The van der Waals surface area contributed by atoms with Crippen molar-refractivity contribution in [1.29, 1.82) is 0 Å². The molecule has 0 unspecified atom stereocenters. The first kappa shape index (κ1) is 21.7. The molecule has 3 aromatic rings. The lowest BCUT2D eigenvalue weighted by Gasteiger charge is -2.32. The van der Waals surface area contributed by atoms with E-state index in [0.29, 0.717) is 16.5 Å². The van der Waals surface area contributed by atoms with Crippen molar-refractivity contribution >= 4 is 39.5 Å². The topological polar surface area (TPSA) is 71.0 Å². The molecule has 0 bridgehead atoms. The number of hydrogen-bond donors (Lipinski definition) is 1. The van der Waals surface area contributed by atoms with Crippen molar-refractivity contribution in [3.8, 4) is 10.6 Å². The highest BCUT2D eigenvalue weighted by Crippen LogP contribution is 2.35. The third-order valence-electron chi connectivity index (χ3n) is 5.13. The molecule has 1 saturated heterocycles. The number of pyridine rings is 1. The lowest BCUT2D eigenvalue weighted by atomic mass is 9.96. The normalized spacial score (nSPS) is 15.3. The van der Waals surface area contributed by atoms with Gasteiger partial charge in [0.15, 0.2) is 5.13 Å². The lowest BCUT2D eigenvalue weighted by molar-refractivity contribution is -0.183. The molecule has 1 amide bonds. The Morgan fingerprint density at radius 2 is 1.94 bits per heavy atom. The summed E-state index contributed by atoms with van der Waals surface area (Å²) in [5, 5.41) is 6.72. The average Bonchev–Trinajstić information content (AvgIpc) is 3.33. The molecule has 164 valence electrons. The zero-order chi connectivity index (χ0) is 22.2. The Bertz CT molecular complexity index is 1070. The van der Waals surface area contributed by atoms with Gasteiger partial charge >= 0.3 is 6.18 Å². The number of aromatic nitrogens is 3. The molecule has 1 aliphatic rings. The van der Waals surface area contributed by atoms with E-state index in [-0.39, 0.29) is 31.8 Å². The predicted molar refractivity (Wildman–Crippen MR) is 115 cm³/mol. The first-order valence-corrected chi connectivity index (χ1v) is 11.4. The van der Waals surface area contributed by atoms with Gasteiger partial charge in [0.1, 0.15) is 5.82 Å². The molecule has 3 aromatic heterocycles. The van der Waals surface area contributed by atoms with Gasteiger partial charge in [-0.15, -0.1) is 22.7 Å². The Kier molecular flexibility index (Phi) is 5.98. The smallest absolute Gasteiger partial charge is 0.339 e. The van der Waals surface area contributed by atoms with Crippen molar-refractivity contribution in [2.24, 2.45) is 5.92 Å². The highest BCUT2D eigenvalue weighted by atomic mass is 32.1. The van der Waals surface area contributed by atoms with Crippen LogP contribution in [-0.4, -0.2) is 45.0 Å². The average molecular weight is 468 g/mol. The summed E-state index contributed by atoms with van der Waals surface area (Å²) in [5.74, 6) is -1.10. The minimum absolute atomic E-state index is 0.0621. The number of thiazole rings is 2. The summed E-state index contributed by atoms with van der Waals surface area (Å²) < 4.78 is 38.4. The third-order valence-corrected chi connectivity index (χ3v) is 6.98. The van der Waals surface area contributed by atoms with Crippen LogP contribution >= 0.6 is 22.7 Å². The van der Waals surface area contributed by atoms with Gasteiger partial charge in [-0.05, 0) is 38.8 Å². The van der Waals surface area contributed by atoms with E-state index in [1.165, 1.54) is 22.4 Å². The number of aryl methyl sites for hydroxylation is 2. The summed E-state index contributed by atoms with van der Waals surface area (Å²) in [6.07, 6.45) is -2.89. The molecular weight excluding hydrogens is 447 g/mol. The van der Waals surface area contributed by atoms with Crippen LogP contribution in [0.4, 0.5) is 24.1 Å². The Morgan fingerprint density at radius 1 is 1.19 bits per heavy atom. The number of amides is 1. The number of rotatable bonds is 4. The number of carbonyl (C=O) groups is 1. The van der Waals surface area contributed by atoms with Gasteiger partial charge in [-0.1, -0.05) is 0 Å². The highest BCUT2D eigenvalue weighted by Gasteiger charge is 2.41.